The maximum atomic E-state index is 12.6. The molecule has 0 spiro atoms. The highest BCUT2D eigenvalue weighted by molar-refractivity contribution is 5.78. The van der Waals surface area contributed by atoms with Crippen LogP contribution in [-0.2, 0) is 22.6 Å². The molecule has 2 aliphatic rings. The summed E-state index contributed by atoms with van der Waals surface area (Å²) in [6, 6.07) is 10.7. The molecule has 1 atom stereocenters. The Morgan fingerprint density at radius 1 is 1.25 bits per heavy atom. The molecule has 0 unspecified atom stereocenters. The van der Waals surface area contributed by atoms with Crippen molar-refractivity contribution in [2.75, 3.05) is 26.3 Å². The number of aryl methyl sites for hydroxylation is 1. The Morgan fingerprint density at radius 3 is 2.79 bits per heavy atom. The highest BCUT2D eigenvalue weighted by Crippen LogP contribution is 2.36. The van der Waals surface area contributed by atoms with E-state index in [1.165, 1.54) is 18.4 Å². The quantitative estimate of drug-likeness (QED) is 0.798. The van der Waals surface area contributed by atoms with Gasteiger partial charge in [0.15, 0.2) is 0 Å². The van der Waals surface area contributed by atoms with Crippen LogP contribution in [0.4, 0.5) is 0 Å². The number of amides is 1. The summed E-state index contributed by atoms with van der Waals surface area (Å²) in [7, 11) is 0. The van der Waals surface area contributed by atoms with Crippen molar-refractivity contribution in [2.45, 2.75) is 45.8 Å². The molecule has 28 heavy (non-hydrogen) atoms. The lowest BCUT2D eigenvalue weighted by Crippen LogP contribution is -2.50. The second-order valence-corrected chi connectivity index (χ2v) is 8.02. The minimum atomic E-state index is 0.0853. The number of rotatable bonds is 7. The predicted octanol–water partition coefficient (Wildman–Crippen LogP) is 2.28. The zero-order chi connectivity index (χ0) is 19.5. The van der Waals surface area contributed by atoms with Gasteiger partial charge in [-0.1, -0.05) is 30.3 Å². The fourth-order valence-electron chi connectivity index (χ4n) is 4.10. The summed E-state index contributed by atoms with van der Waals surface area (Å²) >= 11 is 0. The van der Waals surface area contributed by atoms with Gasteiger partial charge in [-0.25, -0.2) is 0 Å². The first-order chi connectivity index (χ1) is 13.6. The maximum Gasteiger partial charge on any atom is 0.234 e. The van der Waals surface area contributed by atoms with E-state index in [2.05, 4.69) is 34.4 Å². The Balaban J connectivity index is 1.34. The Hall–Kier alpha value is -2.18. The van der Waals surface area contributed by atoms with Crippen molar-refractivity contribution in [3.05, 3.63) is 52.8 Å². The Bertz CT molecular complexity index is 813. The fraction of sp³-hybridized carbons (Fsp3) is 0.545. The molecular weight excluding hydrogens is 352 g/mol. The van der Waals surface area contributed by atoms with Gasteiger partial charge in [-0.3, -0.25) is 14.4 Å². The summed E-state index contributed by atoms with van der Waals surface area (Å²) in [5.74, 6) is 0.802. The van der Waals surface area contributed by atoms with Gasteiger partial charge in [0.2, 0.25) is 5.91 Å². The molecule has 4 rings (SSSR count). The molecule has 1 N–H and O–H groups in total. The molecule has 6 heteroatoms. The highest BCUT2D eigenvalue weighted by atomic mass is 16.5. The third-order valence-corrected chi connectivity index (χ3v) is 5.96. The summed E-state index contributed by atoms with van der Waals surface area (Å²) in [6.45, 7) is 8.17. The summed E-state index contributed by atoms with van der Waals surface area (Å²) < 4.78 is 7.65. The molecule has 1 amide bonds. The maximum absolute atomic E-state index is 12.6. The topological polar surface area (TPSA) is 59.4 Å². The zero-order valence-corrected chi connectivity index (χ0v) is 16.9. The second kappa shape index (κ2) is 8.45. The van der Waals surface area contributed by atoms with Gasteiger partial charge in [0, 0.05) is 30.4 Å². The first-order valence-corrected chi connectivity index (χ1v) is 10.3. The van der Waals surface area contributed by atoms with E-state index in [9.17, 15) is 4.79 Å². The monoisotopic (exact) mass is 382 g/mol. The van der Waals surface area contributed by atoms with E-state index in [1.54, 1.807) is 0 Å². The van der Waals surface area contributed by atoms with Crippen LogP contribution in [0.1, 0.15) is 35.4 Å². The Labute approximate surface area is 166 Å². The minimum absolute atomic E-state index is 0.0853. The molecule has 1 aromatic carbocycles. The Morgan fingerprint density at radius 2 is 2.04 bits per heavy atom. The van der Waals surface area contributed by atoms with Gasteiger partial charge in [-0.2, -0.15) is 5.10 Å². The van der Waals surface area contributed by atoms with E-state index >= 15 is 0 Å². The van der Waals surface area contributed by atoms with Crippen molar-refractivity contribution in [1.29, 1.82) is 0 Å². The van der Waals surface area contributed by atoms with Crippen LogP contribution in [0.2, 0.25) is 0 Å². The van der Waals surface area contributed by atoms with E-state index in [0.29, 0.717) is 25.0 Å². The number of benzene rings is 1. The number of aromatic nitrogens is 2. The number of carbonyl (C=O) groups excluding carboxylic acids is 1. The van der Waals surface area contributed by atoms with Gasteiger partial charge in [0.1, 0.15) is 0 Å². The van der Waals surface area contributed by atoms with E-state index in [1.807, 2.05) is 29.8 Å². The third-order valence-electron chi connectivity index (χ3n) is 5.96. The van der Waals surface area contributed by atoms with Gasteiger partial charge in [0.05, 0.1) is 32.0 Å². The molecule has 0 bridgehead atoms. The standard InChI is InChI=1S/C22H30N4O2/c1-16-20(17(2)26(24-16)13-18-6-4-3-5-7-18)12-23-22(27)14-25-10-11-28-15-21(25)19-8-9-19/h3-7,19,21H,8-15H2,1-2H3,(H,23,27)/t21-/m1/s1. The molecule has 1 aromatic heterocycles. The van der Waals surface area contributed by atoms with Crippen LogP contribution in [0.5, 0.6) is 0 Å². The van der Waals surface area contributed by atoms with Gasteiger partial charge < -0.3 is 10.1 Å². The van der Waals surface area contributed by atoms with Crippen molar-refractivity contribution in [3.63, 3.8) is 0 Å². The van der Waals surface area contributed by atoms with E-state index in [0.717, 1.165) is 43.3 Å². The number of hydrogen-bond acceptors (Lipinski definition) is 4. The number of nitrogens with zero attached hydrogens (tertiary/aromatic N) is 3. The largest absolute Gasteiger partial charge is 0.378 e. The summed E-state index contributed by atoms with van der Waals surface area (Å²) in [6.07, 6.45) is 2.54. The summed E-state index contributed by atoms with van der Waals surface area (Å²) in [4.78, 5) is 14.9. The minimum Gasteiger partial charge on any atom is -0.378 e. The average molecular weight is 383 g/mol. The van der Waals surface area contributed by atoms with Crippen LogP contribution in [0.15, 0.2) is 30.3 Å². The van der Waals surface area contributed by atoms with Crippen molar-refractivity contribution in [1.82, 2.24) is 20.0 Å². The molecule has 1 aliphatic carbocycles. The van der Waals surface area contributed by atoms with E-state index in [4.69, 9.17) is 4.74 Å². The van der Waals surface area contributed by atoms with Crippen LogP contribution in [-0.4, -0.2) is 52.9 Å². The van der Waals surface area contributed by atoms with Gasteiger partial charge >= 0.3 is 0 Å². The second-order valence-electron chi connectivity index (χ2n) is 8.02. The van der Waals surface area contributed by atoms with Crippen LogP contribution in [0.3, 0.4) is 0 Å². The van der Waals surface area contributed by atoms with E-state index in [-0.39, 0.29) is 5.91 Å². The zero-order valence-electron chi connectivity index (χ0n) is 16.9. The lowest BCUT2D eigenvalue weighted by molar-refractivity contribution is -0.125. The normalized spacial score (nSPS) is 20.3. The number of morpholine rings is 1. The van der Waals surface area contributed by atoms with Gasteiger partial charge in [-0.15, -0.1) is 0 Å². The molecule has 0 radical (unpaired) electrons. The molecule has 2 aromatic rings. The van der Waals surface area contributed by atoms with Crippen LogP contribution in [0.25, 0.3) is 0 Å². The van der Waals surface area contributed by atoms with E-state index < -0.39 is 0 Å². The molecule has 1 saturated heterocycles. The molecular formula is C22H30N4O2. The molecule has 1 saturated carbocycles. The van der Waals surface area contributed by atoms with Gasteiger partial charge in [-0.05, 0) is 38.2 Å². The summed E-state index contributed by atoms with van der Waals surface area (Å²) in [5.41, 5.74) is 4.44. The van der Waals surface area contributed by atoms with Crippen molar-refractivity contribution in [3.8, 4) is 0 Å². The first kappa shape index (κ1) is 19.2. The average Bonchev–Trinajstić information content (AvgIpc) is 3.50. The highest BCUT2D eigenvalue weighted by Gasteiger charge is 2.37. The lowest BCUT2D eigenvalue weighted by atomic mass is 10.1. The van der Waals surface area contributed by atoms with Crippen molar-refractivity contribution >= 4 is 5.91 Å². The molecule has 2 fully saturated rings. The van der Waals surface area contributed by atoms with Crippen LogP contribution < -0.4 is 5.32 Å². The summed E-state index contributed by atoms with van der Waals surface area (Å²) in [5, 5.41) is 7.79. The van der Waals surface area contributed by atoms with Crippen LogP contribution in [0, 0.1) is 19.8 Å². The van der Waals surface area contributed by atoms with Crippen molar-refractivity contribution in [2.24, 2.45) is 5.92 Å². The van der Waals surface area contributed by atoms with Gasteiger partial charge in [0.25, 0.3) is 0 Å². The molecule has 150 valence electrons. The number of hydrogen-bond donors (Lipinski definition) is 1. The molecule has 2 heterocycles. The number of nitrogens with one attached hydrogen (secondary N) is 1. The molecule has 6 nitrogen and oxygen atoms in total. The fourth-order valence-corrected chi connectivity index (χ4v) is 4.10. The van der Waals surface area contributed by atoms with Crippen molar-refractivity contribution < 1.29 is 9.53 Å². The molecule has 1 aliphatic heterocycles. The first-order valence-electron chi connectivity index (χ1n) is 10.3. The predicted molar refractivity (Wildman–Crippen MR) is 108 cm³/mol. The third kappa shape index (κ3) is 4.45. The SMILES string of the molecule is Cc1nn(Cc2ccccc2)c(C)c1CNC(=O)CN1CCOC[C@@H]1C1CC1. The number of ether oxygens (including phenoxy) is 1. The lowest BCUT2D eigenvalue weighted by Gasteiger charge is -2.35. The smallest absolute Gasteiger partial charge is 0.234 e. The van der Waals surface area contributed by atoms with Crippen LogP contribution >= 0.6 is 0 Å². The number of carbonyl (C=O) groups is 1. The Kier molecular flexibility index (Phi) is 5.78.